The van der Waals surface area contributed by atoms with Crippen molar-refractivity contribution in [1.29, 1.82) is 0 Å². The molecule has 0 fully saturated rings. The molecule has 2 rings (SSSR count). The van der Waals surface area contributed by atoms with Crippen LogP contribution in [0.3, 0.4) is 0 Å². The standard InChI is InChI=1S/C19H23ClN2O2/c1-14-4-9-18(24-3)16(10-14)12-22(2)13-19(23)21-11-15-5-7-17(20)8-6-15/h4-10H,11-13H2,1-3H3,(H,21,23)/p+1. The van der Waals surface area contributed by atoms with E-state index >= 15 is 0 Å². The highest BCUT2D eigenvalue weighted by Crippen LogP contribution is 2.18. The second kappa shape index (κ2) is 8.71. The van der Waals surface area contributed by atoms with E-state index in [0.29, 0.717) is 18.1 Å². The Bertz CT molecular complexity index is 686. The predicted octanol–water partition coefficient (Wildman–Crippen LogP) is 1.99. The van der Waals surface area contributed by atoms with Gasteiger partial charge in [0.1, 0.15) is 12.3 Å². The van der Waals surface area contributed by atoms with E-state index in [4.69, 9.17) is 16.3 Å². The lowest BCUT2D eigenvalue weighted by Gasteiger charge is -2.16. The van der Waals surface area contributed by atoms with Crippen molar-refractivity contribution in [2.24, 2.45) is 0 Å². The zero-order valence-electron chi connectivity index (χ0n) is 14.4. The van der Waals surface area contributed by atoms with Crippen molar-refractivity contribution in [2.45, 2.75) is 20.0 Å². The summed E-state index contributed by atoms with van der Waals surface area (Å²) in [4.78, 5) is 13.2. The third-order valence-corrected chi connectivity index (χ3v) is 4.05. The smallest absolute Gasteiger partial charge is 0.275 e. The molecule has 2 aromatic rings. The average molecular weight is 348 g/mol. The van der Waals surface area contributed by atoms with Gasteiger partial charge in [-0.25, -0.2) is 0 Å². The third-order valence-electron chi connectivity index (χ3n) is 3.79. The number of rotatable bonds is 7. The number of methoxy groups -OCH3 is 1. The number of hydrogen-bond donors (Lipinski definition) is 2. The summed E-state index contributed by atoms with van der Waals surface area (Å²) in [5.74, 6) is 0.885. The van der Waals surface area contributed by atoms with E-state index in [-0.39, 0.29) is 5.91 Å². The molecule has 24 heavy (non-hydrogen) atoms. The first-order valence-corrected chi connectivity index (χ1v) is 8.31. The molecule has 2 aromatic carbocycles. The number of aryl methyl sites for hydroxylation is 1. The van der Waals surface area contributed by atoms with Crippen LogP contribution in [0, 0.1) is 6.92 Å². The topological polar surface area (TPSA) is 42.8 Å². The van der Waals surface area contributed by atoms with Crippen molar-refractivity contribution in [2.75, 3.05) is 20.7 Å². The van der Waals surface area contributed by atoms with Crippen molar-refractivity contribution < 1.29 is 14.4 Å². The molecule has 5 heteroatoms. The van der Waals surface area contributed by atoms with E-state index in [9.17, 15) is 4.79 Å². The number of likely N-dealkylation sites (N-methyl/N-ethyl adjacent to an activating group) is 1. The SMILES string of the molecule is COc1ccc(C)cc1C[NH+](C)CC(=O)NCc1ccc(Cl)cc1. The highest BCUT2D eigenvalue weighted by Gasteiger charge is 2.13. The molecule has 1 unspecified atom stereocenters. The van der Waals surface area contributed by atoms with Crippen LogP contribution >= 0.6 is 11.6 Å². The summed E-state index contributed by atoms with van der Waals surface area (Å²) < 4.78 is 5.40. The first-order valence-electron chi connectivity index (χ1n) is 7.94. The largest absolute Gasteiger partial charge is 0.496 e. The summed E-state index contributed by atoms with van der Waals surface area (Å²) >= 11 is 5.86. The van der Waals surface area contributed by atoms with Crippen LogP contribution < -0.4 is 15.0 Å². The second-order valence-electron chi connectivity index (χ2n) is 6.03. The van der Waals surface area contributed by atoms with Gasteiger partial charge < -0.3 is 15.0 Å². The number of quaternary nitrogens is 1. The Morgan fingerprint density at radius 2 is 1.92 bits per heavy atom. The van der Waals surface area contributed by atoms with E-state index in [1.54, 1.807) is 7.11 Å². The molecule has 0 heterocycles. The van der Waals surface area contributed by atoms with Gasteiger partial charge in [-0.3, -0.25) is 4.79 Å². The maximum atomic E-state index is 12.1. The first kappa shape index (κ1) is 18.3. The molecule has 4 nitrogen and oxygen atoms in total. The fourth-order valence-electron chi connectivity index (χ4n) is 2.57. The van der Waals surface area contributed by atoms with Crippen molar-refractivity contribution in [3.05, 3.63) is 64.2 Å². The summed E-state index contributed by atoms with van der Waals surface area (Å²) in [5.41, 5.74) is 3.33. The number of ether oxygens (including phenoxy) is 1. The minimum atomic E-state index is 0.0223. The Morgan fingerprint density at radius 1 is 1.21 bits per heavy atom. The predicted molar refractivity (Wildman–Crippen MR) is 96.5 cm³/mol. The molecule has 0 aliphatic carbocycles. The van der Waals surface area contributed by atoms with Crippen LogP contribution in [0.4, 0.5) is 0 Å². The number of halogens is 1. The van der Waals surface area contributed by atoms with Crippen LogP contribution in [0.25, 0.3) is 0 Å². The van der Waals surface area contributed by atoms with Crippen LogP contribution in [-0.2, 0) is 17.9 Å². The Kier molecular flexibility index (Phi) is 6.64. The normalized spacial score (nSPS) is 11.8. The summed E-state index contributed by atoms with van der Waals surface area (Å²) in [6.45, 7) is 3.71. The van der Waals surface area contributed by atoms with Gasteiger partial charge in [0.15, 0.2) is 6.54 Å². The highest BCUT2D eigenvalue weighted by atomic mass is 35.5. The van der Waals surface area contributed by atoms with Crippen molar-refractivity contribution in [1.82, 2.24) is 5.32 Å². The van der Waals surface area contributed by atoms with E-state index in [1.165, 1.54) is 5.56 Å². The zero-order valence-corrected chi connectivity index (χ0v) is 15.1. The Balaban J connectivity index is 1.85. The molecular weight excluding hydrogens is 324 g/mol. The first-order chi connectivity index (χ1) is 11.5. The number of nitrogens with one attached hydrogen (secondary N) is 2. The highest BCUT2D eigenvalue weighted by molar-refractivity contribution is 6.30. The Labute approximate surface area is 148 Å². The third kappa shape index (κ3) is 5.55. The molecule has 2 N–H and O–H groups in total. The van der Waals surface area contributed by atoms with E-state index < -0.39 is 0 Å². The van der Waals surface area contributed by atoms with Crippen molar-refractivity contribution in [3.8, 4) is 5.75 Å². The molecule has 0 spiro atoms. The van der Waals surface area contributed by atoms with Gasteiger partial charge in [-0.2, -0.15) is 0 Å². The molecule has 0 saturated heterocycles. The molecule has 1 atom stereocenters. The molecule has 0 aliphatic heterocycles. The maximum Gasteiger partial charge on any atom is 0.275 e. The summed E-state index contributed by atoms with van der Waals surface area (Å²) in [5, 5.41) is 3.64. The van der Waals surface area contributed by atoms with Crippen LogP contribution in [0.2, 0.25) is 5.02 Å². The Morgan fingerprint density at radius 3 is 2.58 bits per heavy atom. The molecular formula is C19H24ClN2O2+. The summed E-state index contributed by atoms with van der Waals surface area (Å²) in [7, 11) is 3.67. The molecule has 0 aliphatic rings. The molecule has 0 bridgehead atoms. The van der Waals surface area contributed by atoms with Crippen LogP contribution in [0.1, 0.15) is 16.7 Å². The molecule has 0 saturated carbocycles. The van der Waals surface area contributed by atoms with Crippen LogP contribution in [0.15, 0.2) is 42.5 Å². The van der Waals surface area contributed by atoms with Gasteiger partial charge in [-0.1, -0.05) is 35.4 Å². The second-order valence-corrected chi connectivity index (χ2v) is 6.47. The summed E-state index contributed by atoms with van der Waals surface area (Å²) in [6, 6.07) is 13.6. The number of carbonyl (C=O) groups is 1. The van der Waals surface area contributed by atoms with Gasteiger partial charge >= 0.3 is 0 Å². The number of carbonyl (C=O) groups excluding carboxylic acids is 1. The quantitative estimate of drug-likeness (QED) is 0.804. The average Bonchev–Trinajstić information content (AvgIpc) is 2.54. The van der Waals surface area contributed by atoms with E-state index in [0.717, 1.165) is 28.3 Å². The molecule has 1 amide bonds. The lowest BCUT2D eigenvalue weighted by molar-refractivity contribution is -0.885. The minimum Gasteiger partial charge on any atom is -0.496 e. The van der Waals surface area contributed by atoms with Gasteiger partial charge in [0.05, 0.1) is 14.2 Å². The van der Waals surface area contributed by atoms with E-state index in [1.807, 2.05) is 43.4 Å². The molecule has 0 radical (unpaired) electrons. The maximum absolute atomic E-state index is 12.1. The fourth-order valence-corrected chi connectivity index (χ4v) is 2.70. The van der Waals surface area contributed by atoms with Gasteiger partial charge in [0.25, 0.3) is 5.91 Å². The van der Waals surface area contributed by atoms with Gasteiger partial charge in [0, 0.05) is 17.1 Å². The van der Waals surface area contributed by atoms with Crippen molar-refractivity contribution in [3.63, 3.8) is 0 Å². The van der Waals surface area contributed by atoms with Gasteiger partial charge in [0.2, 0.25) is 0 Å². The lowest BCUT2D eigenvalue weighted by atomic mass is 10.1. The van der Waals surface area contributed by atoms with Crippen LogP contribution in [0.5, 0.6) is 5.75 Å². The lowest BCUT2D eigenvalue weighted by Crippen LogP contribution is -3.08. The minimum absolute atomic E-state index is 0.0223. The summed E-state index contributed by atoms with van der Waals surface area (Å²) in [6.07, 6.45) is 0. The molecule has 128 valence electrons. The zero-order chi connectivity index (χ0) is 17.5. The number of hydrogen-bond acceptors (Lipinski definition) is 2. The van der Waals surface area contributed by atoms with Crippen LogP contribution in [-0.4, -0.2) is 26.6 Å². The van der Waals surface area contributed by atoms with Gasteiger partial charge in [-0.05, 0) is 36.8 Å². The Hall–Kier alpha value is -2.04. The number of amides is 1. The number of benzene rings is 2. The van der Waals surface area contributed by atoms with E-state index in [2.05, 4.69) is 18.3 Å². The molecule has 0 aromatic heterocycles. The monoisotopic (exact) mass is 347 g/mol. The fraction of sp³-hybridized carbons (Fsp3) is 0.316. The van der Waals surface area contributed by atoms with Gasteiger partial charge in [-0.15, -0.1) is 0 Å². The van der Waals surface area contributed by atoms with Crippen molar-refractivity contribution >= 4 is 17.5 Å².